The van der Waals surface area contributed by atoms with Gasteiger partial charge in [-0.1, -0.05) is 11.2 Å². The van der Waals surface area contributed by atoms with Crippen LogP contribution in [-0.2, 0) is 21.4 Å². The Morgan fingerprint density at radius 1 is 1.43 bits per heavy atom. The first-order valence-electron chi connectivity index (χ1n) is 9.49. The highest BCUT2D eigenvalue weighted by molar-refractivity contribution is 7.91. The van der Waals surface area contributed by atoms with Crippen LogP contribution in [-0.4, -0.2) is 46.8 Å². The Labute approximate surface area is 178 Å². The zero-order valence-corrected chi connectivity index (χ0v) is 17.9. The van der Waals surface area contributed by atoms with Gasteiger partial charge in [-0.3, -0.25) is 9.78 Å². The molecule has 4 rings (SSSR count). The zero-order chi connectivity index (χ0) is 21.1. The molecular weight excluding hydrogens is 426 g/mol. The fourth-order valence-corrected chi connectivity index (χ4v) is 6.16. The molecule has 30 heavy (non-hydrogen) atoms. The van der Waals surface area contributed by atoms with Crippen LogP contribution < -0.4 is 5.32 Å². The molecule has 0 spiro atoms. The molecule has 9 nitrogen and oxygen atoms in total. The summed E-state index contributed by atoms with van der Waals surface area (Å²) in [4.78, 5) is 20.8. The Hall–Kier alpha value is -2.63. The number of rotatable bonds is 6. The van der Waals surface area contributed by atoms with Crippen LogP contribution in [0.1, 0.15) is 24.3 Å². The van der Waals surface area contributed by atoms with Crippen LogP contribution in [0.5, 0.6) is 0 Å². The van der Waals surface area contributed by atoms with Crippen molar-refractivity contribution in [3.8, 4) is 11.4 Å². The fourth-order valence-electron chi connectivity index (χ4n) is 3.32. The molecule has 1 fully saturated rings. The molecule has 3 aromatic rings. The number of carbonyl (C=O) groups excluding carboxylic acids is 1. The van der Waals surface area contributed by atoms with Gasteiger partial charge in [0.2, 0.25) is 17.6 Å². The highest BCUT2D eigenvalue weighted by Gasteiger charge is 2.34. The third-order valence-electron chi connectivity index (χ3n) is 4.90. The standard InChI is InChI=1S/C19H21N5O4S2/c1-13-22-18(23-28-13)16-8-17(29-12-16)30(26,27)24-7-3-5-15(11-24)19(25)21-10-14-4-2-6-20-9-14/h2,4,6,8-9,12,15H,3,5,7,10-11H2,1H3,(H,21,25)/t15-/m0/s1. The average molecular weight is 448 g/mol. The zero-order valence-electron chi connectivity index (χ0n) is 16.3. The van der Waals surface area contributed by atoms with Gasteiger partial charge in [-0.15, -0.1) is 11.3 Å². The number of amides is 1. The molecule has 1 amide bonds. The average Bonchev–Trinajstić information content (AvgIpc) is 3.42. The summed E-state index contributed by atoms with van der Waals surface area (Å²) in [5.41, 5.74) is 1.49. The van der Waals surface area contributed by atoms with E-state index in [0.717, 1.165) is 16.9 Å². The summed E-state index contributed by atoms with van der Waals surface area (Å²) >= 11 is 1.11. The van der Waals surface area contributed by atoms with Crippen LogP contribution in [0.15, 0.2) is 44.7 Å². The van der Waals surface area contributed by atoms with Crippen molar-refractivity contribution in [2.45, 2.75) is 30.5 Å². The van der Waals surface area contributed by atoms with Gasteiger partial charge in [0.15, 0.2) is 0 Å². The van der Waals surface area contributed by atoms with Gasteiger partial charge in [0, 0.05) is 49.9 Å². The van der Waals surface area contributed by atoms with Gasteiger partial charge >= 0.3 is 0 Å². The largest absolute Gasteiger partial charge is 0.352 e. The molecule has 0 aliphatic carbocycles. The van der Waals surface area contributed by atoms with Crippen molar-refractivity contribution in [2.24, 2.45) is 5.92 Å². The number of nitrogens with one attached hydrogen (secondary N) is 1. The van der Waals surface area contributed by atoms with Gasteiger partial charge < -0.3 is 9.84 Å². The molecule has 3 aromatic heterocycles. The number of sulfonamides is 1. The molecule has 0 bridgehead atoms. The number of pyridine rings is 1. The Bertz CT molecular complexity index is 1130. The van der Waals surface area contributed by atoms with Crippen molar-refractivity contribution in [1.82, 2.24) is 24.7 Å². The lowest BCUT2D eigenvalue weighted by Crippen LogP contribution is -2.45. The van der Waals surface area contributed by atoms with E-state index in [9.17, 15) is 13.2 Å². The van der Waals surface area contributed by atoms with Gasteiger partial charge in [0.05, 0.1) is 5.92 Å². The molecule has 11 heteroatoms. The second kappa shape index (κ2) is 8.62. The minimum Gasteiger partial charge on any atom is -0.352 e. The van der Waals surface area contributed by atoms with Crippen molar-refractivity contribution in [3.05, 3.63) is 47.4 Å². The highest BCUT2D eigenvalue weighted by Crippen LogP contribution is 2.31. The maximum Gasteiger partial charge on any atom is 0.252 e. The van der Waals surface area contributed by atoms with Crippen molar-refractivity contribution >= 4 is 27.3 Å². The second-order valence-corrected chi connectivity index (χ2v) is 10.1. The van der Waals surface area contributed by atoms with Crippen LogP contribution in [0.2, 0.25) is 0 Å². The number of aryl methyl sites for hydroxylation is 1. The molecule has 158 valence electrons. The lowest BCUT2D eigenvalue weighted by atomic mass is 9.99. The summed E-state index contributed by atoms with van der Waals surface area (Å²) in [6, 6.07) is 5.24. The van der Waals surface area contributed by atoms with E-state index in [4.69, 9.17) is 4.52 Å². The summed E-state index contributed by atoms with van der Waals surface area (Å²) in [6.45, 7) is 2.60. The predicted octanol–water partition coefficient (Wildman–Crippen LogP) is 2.22. The number of nitrogens with zero attached hydrogens (tertiary/aromatic N) is 4. The summed E-state index contributed by atoms with van der Waals surface area (Å²) in [6.07, 6.45) is 4.65. The van der Waals surface area contributed by atoms with Crippen LogP contribution in [0.25, 0.3) is 11.4 Å². The summed E-state index contributed by atoms with van der Waals surface area (Å²) < 4.78 is 32.8. The molecule has 1 aliphatic heterocycles. The molecule has 0 aromatic carbocycles. The molecule has 1 aliphatic rings. The minimum atomic E-state index is -3.70. The Kier molecular flexibility index (Phi) is 5.93. The molecule has 1 N–H and O–H groups in total. The first kappa shape index (κ1) is 20.6. The highest BCUT2D eigenvalue weighted by atomic mass is 32.2. The molecule has 0 unspecified atom stereocenters. The number of carbonyl (C=O) groups is 1. The maximum absolute atomic E-state index is 13.1. The molecule has 4 heterocycles. The van der Waals surface area contributed by atoms with E-state index in [-0.39, 0.29) is 22.6 Å². The summed E-state index contributed by atoms with van der Waals surface area (Å²) in [7, 11) is -3.70. The third-order valence-corrected chi connectivity index (χ3v) is 8.18. The van der Waals surface area contributed by atoms with Crippen molar-refractivity contribution in [1.29, 1.82) is 0 Å². The molecule has 1 saturated heterocycles. The van der Waals surface area contributed by atoms with Crippen LogP contribution in [0.3, 0.4) is 0 Å². The maximum atomic E-state index is 13.1. The molecule has 0 radical (unpaired) electrons. The minimum absolute atomic E-state index is 0.145. The van der Waals surface area contributed by atoms with E-state index < -0.39 is 10.0 Å². The quantitative estimate of drug-likeness (QED) is 0.615. The van der Waals surface area contributed by atoms with E-state index >= 15 is 0 Å². The monoisotopic (exact) mass is 447 g/mol. The SMILES string of the molecule is Cc1nc(-c2csc(S(=O)(=O)N3CCC[C@H](C(=O)NCc4cccnc4)C3)c2)no1. The van der Waals surface area contributed by atoms with E-state index in [2.05, 4.69) is 20.4 Å². The number of thiophene rings is 1. The molecular formula is C19H21N5O4S2. The van der Waals surface area contributed by atoms with Gasteiger partial charge in [0.25, 0.3) is 10.0 Å². The van der Waals surface area contributed by atoms with Crippen LogP contribution in [0.4, 0.5) is 0 Å². The third kappa shape index (κ3) is 4.42. The number of hydrogen-bond acceptors (Lipinski definition) is 8. The Morgan fingerprint density at radius 2 is 2.30 bits per heavy atom. The second-order valence-electron chi connectivity index (χ2n) is 7.07. The van der Waals surface area contributed by atoms with E-state index in [1.807, 2.05) is 12.1 Å². The first-order chi connectivity index (χ1) is 14.4. The topological polar surface area (TPSA) is 118 Å². The van der Waals surface area contributed by atoms with Crippen molar-refractivity contribution in [3.63, 3.8) is 0 Å². The van der Waals surface area contributed by atoms with Crippen molar-refractivity contribution in [2.75, 3.05) is 13.1 Å². The van der Waals surface area contributed by atoms with E-state index in [1.54, 1.807) is 30.8 Å². The number of aromatic nitrogens is 3. The fraction of sp³-hybridized carbons (Fsp3) is 0.368. The smallest absolute Gasteiger partial charge is 0.252 e. The molecule has 1 atom stereocenters. The van der Waals surface area contributed by atoms with Crippen LogP contribution >= 0.6 is 11.3 Å². The lowest BCUT2D eigenvalue weighted by molar-refractivity contribution is -0.126. The van der Waals surface area contributed by atoms with Gasteiger partial charge in [-0.2, -0.15) is 9.29 Å². The normalized spacial score (nSPS) is 17.7. The van der Waals surface area contributed by atoms with Gasteiger partial charge in [0.1, 0.15) is 4.21 Å². The summed E-state index contributed by atoms with van der Waals surface area (Å²) in [5.74, 6) is 0.241. The van der Waals surface area contributed by atoms with Crippen LogP contribution in [0, 0.1) is 12.8 Å². The molecule has 0 saturated carbocycles. The predicted molar refractivity (Wildman–Crippen MR) is 110 cm³/mol. The summed E-state index contributed by atoms with van der Waals surface area (Å²) in [5, 5.41) is 8.41. The van der Waals surface area contributed by atoms with Gasteiger partial charge in [-0.05, 0) is 30.5 Å². The van der Waals surface area contributed by atoms with E-state index in [0.29, 0.717) is 43.2 Å². The lowest BCUT2D eigenvalue weighted by Gasteiger charge is -2.30. The Morgan fingerprint density at radius 3 is 3.03 bits per heavy atom. The van der Waals surface area contributed by atoms with Crippen molar-refractivity contribution < 1.29 is 17.7 Å². The number of hydrogen-bond donors (Lipinski definition) is 1. The number of piperidine rings is 1. The van der Waals surface area contributed by atoms with E-state index in [1.165, 1.54) is 4.31 Å². The Balaban J connectivity index is 1.43. The van der Waals surface area contributed by atoms with Gasteiger partial charge in [-0.25, -0.2) is 8.42 Å². The first-order valence-corrected chi connectivity index (χ1v) is 11.8.